The highest BCUT2D eigenvalue weighted by molar-refractivity contribution is 8.00. The molecule has 0 radical (unpaired) electrons. The molecule has 1 N–H and O–H groups in total. The normalized spacial score (nSPS) is 14.8. The lowest BCUT2D eigenvalue weighted by molar-refractivity contribution is -0.120. The minimum Gasteiger partial charge on any atom is -0.467 e. The average Bonchev–Trinajstić information content (AvgIpc) is 3.32. The molecule has 1 amide bonds. The lowest BCUT2D eigenvalue weighted by Gasteiger charge is -2.15. The standard InChI is InChI=1S/C20H23N3O3S2/c1-3-21-17(24)12(2)27-20-22-18-16(14-8-4-5-9-15(14)28-18)19(25)23(20)11-13-7-6-10-26-13/h6-7,10,12H,3-5,8-9,11H2,1-2H3,(H,21,24)/t12-/m0/s1. The molecular weight excluding hydrogens is 394 g/mol. The van der Waals surface area contributed by atoms with E-state index in [2.05, 4.69) is 5.32 Å². The van der Waals surface area contributed by atoms with Gasteiger partial charge in [-0.25, -0.2) is 4.98 Å². The number of fused-ring (bicyclic) bond motifs is 3. The van der Waals surface area contributed by atoms with Crippen molar-refractivity contribution in [2.45, 2.75) is 56.5 Å². The van der Waals surface area contributed by atoms with Gasteiger partial charge < -0.3 is 9.73 Å². The molecular formula is C20H23N3O3S2. The molecule has 1 atom stereocenters. The predicted octanol–water partition coefficient (Wildman–Crippen LogP) is 3.59. The number of nitrogens with zero attached hydrogens (tertiary/aromatic N) is 2. The summed E-state index contributed by atoms with van der Waals surface area (Å²) >= 11 is 2.95. The Morgan fingerprint density at radius 2 is 2.25 bits per heavy atom. The second-order valence-corrected chi connectivity index (χ2v) is 9.30. The van der Waals surface area contributed by atoms with Crippen molar-refractivity contribution in [1.82, 2.24) is 14.9 Å². The molecule has 6 nitrogen and oxygen atoms in total. The van der Waals surface area contributed by atoms with Crippen molar-refractivity contribution in [1.29, 1.82) is 0 Å². The minimum absolute atomic E-state index is 0.0357. The third-order valence-corrected chi connectivity index (χ3v) is 7.21. The van der Waals surface area contributed by atoms with E-state index in [9.17, 15) is 9.59 Å². The smallest absolute Gasteiger partial charge is 0.263 e. The Hall–Kier alpha value is -2.06. The SMILES string of the molecule is CCNC(=O)[C@H](C)Sc1nc2sc3c(c2c(=O)n1Cc1ccco1)CCCC3. The van der Waals surface area contributed by atoms with E-state index in [0.29, 0.717) is 24.0 Å². The van der Waals surface area contributed by atoms with E-state index >= 15 is 0 Å². The lowest BCUT2D eigenvalue weighted by atomic mass is 9.97. The monoisotopic (exact) mass is 417 g/mol. The Morgan fingerprint density at radius 1 is 1.43 bits per heavy atom. The van der Waals surface area contributed by atoms with Crippen LogP contribution < -0.4 is 10.9 Å². The maximum Gasteiger partial charge on any atom is 0.263 e. The van der Waals surface area contributed by atoms with Crippen molar-refractivity contribution in [2.24, 2.45) is 0 Å². The summed E-state index contributed by atoms with van der Waals surface area (Å²) in [7, 11) is 0. The molecule has 0 aromatic carbocycles. The number of carbonyl (C=O) groups is 1. The van der Waals surface area contributed by atoms with Crippen molar-refractivity contribution >= 4 is 39.2 Å². The second kappa shape index (κ2) is 8.13. The van der Waals surface area contributed by atoms with E-state index in [0.717, 1.165) is 35.9 Å². The van der Waals surface area contributed by atoms with Crippen LogP contribution in [0.4, 0.5) is 0 Å². The highest BCUT2D eigenvalue weighted by atomic mass is 32.2. The number of amides is 1. The van der Waals surface area contributed by atoms with Crippen LogP contribution in [0, 0.1) is 0 Å². The fourth-order valence-electron chi connectivity index (χ4n) is 3.54. The highest BCUT2D eigenvalue weighted by Crippen LogP contribution is 2.35. The van der Waals surface area contributed by atoms with E-state index in [-0.39, 0.29) is 16.7 Å². The highest BCUT2D eigenvalue weighted by Gasteiger charge is 2.24. The number of nitrogens with one attached hydrogen (secondary N) is 1. The Morgan fingerprint density at radius 3 is 3.00 bits per heavy atom. The summed E-state index contributed by atoms with van der Waals surface area (Å²) in [6.07, 6.45) is 5.83. The first-order chi connectivity index (χ1) is 13.6. The number of thioether (sulfide) groups is 1. The van der Waals surface area contributed by atoms with Crippen molar-refractivity contribution in [3.63, 3.8) is 0 Å². The van der Waals surface area contributed by atoms with Crippen molar-refractivity contribution in [3.05, 3.63) is 45.0 Å². The summed E-state index contributed by atoms with van der Waals surface area (Å²) in [4.78, 5) is 32.6. The first-order valence-electron chi connectivity index (χ1n) is 9.60. The van der Waals surface area contributed by atoms with Crippen molar-refractivity contribution < 1.29 is 9.21 Å². The Balaban J connectivity index is 1.81. The maximum absolute atomic E-state index is 13.5. The fourth-order valence-corrected chi connectivity index (χ4v) is 5.77. The van der Waals surface area contributed by atoms with Gasteiger partial charge in [-0.2, -0.15) is 0 Å². The third kappa shape index (κ3) is 3.63. The summed E-state index contributed by atoms with van der Waals surface area (Å²) in [6, 6.07) is 3.66. The van der Waals surface area contributed by atoms with Gasteiger partial charge in [-0.3, -0.25) is 14.2 Å². The van der Waals surface area contributed by atoms with Crippen LogP contribution in [0.1, 0.15) is 42.9 Å². The van der Waals surface area contributed by atoms with Gasteiger partial charge >= 0.3 is 0 Å². The molecule has 0 unspecified atom stereocenters. The molecule has 1 aliphatic rings. The molecule has 0 spiro atoms. The summed E-state index contributed by atoms with van der Waals surface area (Å²) in [5.41, 5.74) is 1.14. The van der Waals surface area contributed by atoms with Gasteiger partial charge in [0.15, 0.2) is 5.16 Å². The van der Waals surface area contributed by atoms with Gasteiger partial charge in [-0.05, 0) is 57.2 Å². The van der Waals surface area contributed by atoms with E-state index in [1.807, 2.05) is 26.0 Å². The van der Waals surface area contributed by atoms with E-state index in [1.165, 1.54) is 22.2 Å². The number of hydrogen-bond donors (Lipinski definition) is 1. The number of hydrogen-bond acceptors (Lipinski definition) is 6. The number of aromatic nitrogens is 2. The third-order valence-electron chi connectivity index (χ3n) is 4.94. The molecule has 0 saturated heterocycles. The minimum atomic E-state index is -0.346. The molecule has 8 heteroatoms. The second-order valence-electron chi connectivity index (χ2n) is 6.91. The Bertz CT molecular complexity index is 1050. The molecule has 0 fully saturated rings. The average molecular weight is 418 g/mol. The van der Waals surface area contributed by atoms with Crippen LogP contribution in [-0.4, -0.2) is 27.3 Å². The van der Waals surface area contributed by atoms with Gasteiger partial charge in [-0.15, -0.1) is 11.3 Å². The van der Waals surface area contributed by atoms with Crippen LogP contribution in [0.5, 0.6) is 0 Å². The Kier molecular flexibility index (Phi) is 5.59. The Labute approximate surface area is 171 Å². The van der Waals surface area contributed by atoms with E-state index in [1.54, 1.807) is 22.2 Å². The van der Waals surface area contributed by atoms with Crippen LogP contribution in [0.25, 0.3) is 10.2 Å². The van der Waals surface area contributed by atoms with Gasteiger partial charge in [0.1, 0.15) is 10.6 Å². The molecule has 3 aromatic heterocycles. The molecule has 3 aromatic rings. The van der Waals surface area contributed by atoms with Crippen molar-refractivity contribution in [2.75, 3.05) is 6.54 Å². The van der Waals surface area contributed by atoms with Gasteiger partial charge in [0.05, 0.1) is 23.4 Å². The maximum atomic E-state index is 13.5. The molecule has 0 bridgehead atoms. The lowest BCUT2D eigenvalue weighted by Crippen LogP contribution is -2.32. The van der Waals surface area contributed by atoms with E-state index in [4.69, 9.17) is 9.40 Å². The van der Waals surface area contributed by atoms with Gasteiger partial charge in [-0.1, -0.05) is 11.8 Å². The van der Waals surface area contributed by atoms with Crippen LogP contribution in [0.2, 0.25) is 0 Å². The molecule has 28 heavy (non-hydrogen) atoms. The van der Waals surface area contributed by atoms with E-state index < -0.39 is 0 Å². The zero-order chi connectivity index (χ0) is 19.7. The molecule has 3 heterocycles. The van der Waals surface area contributed by atoms with Gasteiger partial charge in [0.2, 0.25) is 5.91 Å². The fraction of sp³-hybridized carbons (Fsp3) is 0.450. The summed E-state index contributed by atoms with van der Waals surface area (Å²) in [5, 5.41) is 3.80. The first-order valence-corrected chi connectivity index (χ1v) is 11.3. The van der Waals surface area contributed by atoms with Crippen LogP contribution in [0.15, 0.2) is 32.8 Å². The molecule has 1 aliphatic carbocycles. The van der Waals surface area contributed by atoms with Crippen molar-refractivity contribution in [3.8, 4) is 0 Å². The largest absolute Gasteiger partial charge is 0.467 e. The number of rotatable bonds is 6. The number of furan rings is 1. The summed E-state index contributed by atoms with van der Waals surface area (Å²) < 4.78 is 7.13. The van der Waals surface area contributed by atoms with Crippen LogP contribution in [-0.2, 0) is 24.2 Å². The van der Waals surface area contributed by atoms with Crippen LogP contribution >= 0.6 is 23.1 Å². The predicted molar refractivity (Wildman–Crippen MR) is 112 cm³/mol. The van der Waals surface area contributed by atoms with Gasteiger partial charge in [0, 0.05) is 11.4 Å². The number of thiophene rings is 1. The summed E-state index contributed by atoms with van der Waals surface area (Å²) in [5.74, 6) is 0.636. The molecule has 148 valence electrons. The number of carbonyl (C=O) groups excluding carboxylic acids is 1. The molecule has 0 aliphatic heterocycles. The van der Waals surface area contributed by atoms with Gasteiger partial charge in [0.25, 0.3) is 5.56 Å². The zero-order valence-electron chi connectivity index (χ0n) is 16.0. The quantitative estimate of drug-likeness (QED) is 0.490. The molecule has 0 saturated carbocycles. The summed E-state index contributed by atoms with van der Waals surface area (Å²) in [6.45, 7) is 4.61. The molecule has 4 rings (SSSR count). The zero-order valence-corrected chi connectivity index (χ0v) is 17.6. The van der Waals surface area contributed by atoms with Crippen LogP contribution in [0.3, 0.4) is 0 Å². The topological polar surface area (TPSA) is 77.1 Å². The number of aryl methyl sites for hydroxylation is 2. The first kappa shape index (κ1) is 19.3.